The number of aryl methyl sites for hydroxylation is 2. The van der Waals surface area contributed by atoms with Gasteiger partial charge in [0.2, 0.25) is 0 Å². The summed E-state index contributed by atoms with van der Waals surface area (Å²) in [7, 11) is 1.76. The van der Waals surface area contributed by atoms with Crippen LogP contribution >= 0.6 is 11.6 Å². The van der Waals surface area contributed by atoms with Gasteiger partial charge in [-0.2, -0.15) is 10.2 Å². The maximum absolute atomic E-state index is 11.5. The molecule has 2 heterocycles. The summed E-state index contributed by atoms with van der Waals surface area (Å²) >= 11 is 6.07. The van der Waals surface area contributed by atoms with Gasteiger partial charge in [0.15, 0.2) is 0 Å². The molecule has 0 saturated carbocycles. The third-order valence-corrected chi connectivity index (χ3v) is 2.84. The molecule has 0 unspecified atom stereocenters. The molecule has 0 atom stereocenters. The largest absolute Gasteiger partial charge is 0.268 e. The predicted octanol–water partition coefficient (Wildman–Crippen LogP) is 0.987. The molecule has 0 spiro atoms. The lowest BCUT2D eigenvalue weighted by molar-refractivity contribution is 0.636. The van der Waals surface area contributed by atoms with E-state index in [0.29, 0.717) is 11.7 Å². The fraction of sp³-hybridized carbons (Fsp3) is 0.300. The molecule has 16 heavy (non-hydrogen) atoms. The molecule has 6 heteroatoms. The maximum atomic E-state index is 11.5. The van der Waals surface area contributed by atoms with Crippen LogP contribution < -0.4 is 5.56 Å². The van der Waals surface area contributed by atoms with E-state index in [1.54, 1.807) is 24.0 Å². The van der Waals surface area contributed by atoms with Gasteiger partial charge in [-0.15, -0.1) is 0 Å². The Kier molecular flexibility index (Phi) is 2.78. The SMILES string of the molecule is Cc1nn(C)c(Cl)c1Cn1ncccc1=O. The quantitative estimate of drug-likeness (QED) is 0.784. The fourth-order valence-electron chi connectivity index (χ4n) is 1.51. The van der Waals surface area contributed by atoms with E-state index in [0.717, 1.165) is 11.3 Å². The van der Waals surface area contributed by atoms with Crippen LogP contribution in [0.4, 0.5) is 0 Å². The minimum absolute atomic E-state index is 0.151. The van der Waals surface area contributed by atoms with Crippen LogP contribution in [0.15, 0.2) is 23.1 Å². The summed E-state index contributed by atoms with van der Waals surface area (Å²) < 4.78 is 2.94. The molecule has 0 fully saturated rings. The summed E-state index contributed by atoms with van der Waals surface area (Å²) in [5.41, 5.74) is 1.48. The maximum Gasteiger partial charge on any atom is 0.267 e. The lowest BCUT2D eigenvalue weighted by Gasteiger charge is -2.02. The summed E-state index contributed by atoms with van der Waals surface area (Å²) in [5.74, 6) is 0. The van der Waals surface area contributed by atoms with Gasteiger partial charge in [-0.3, -0.25) is 9.48 Å². The van der Waals surface area contributed by atoms with Crippen molar-refractivity contribution >= 4 is 11.6 Å². The summed E-state index contributed by atoms with van der Waals surface area (Å²) in [6, 6.07) is 3.07. The van der Waals surface area contributed by atoms with Crippen LogP contribution in [0.25, 0.3) is 0 Å². The van der Waals surface area contributed by atoms with E-state index in [-0.39, 0.29) is 5.56 Å². The van der Waals surface area contributed by atoms with Gasteiger partial charge in [-0.1, -0.05) is 11.6 Å². The Labute approximate surface area is 97.3 Å². The Hall–Kier alpha value is -1.62. The summed E-state index contributed by atoms with van der Waals surface area (Å²) in [6.45, 7) is 2.20. The van der Waals surface area contributed by atoms with Gasteiger partial charge in [-0.25, -0.2) is 4.68 Å². The van der Waals surface area contributed by atoms with Crippen molar-refractivity contribution in [1.29, 1.82) is 0 Å². The van der Waals surface area contributed by atoms with Gasteiger partial charge in [0.1, 0.15) is 5.15 Å². The van der Waals surface area contributed by atoms with Crippen LogP contribution in [0, 0.1) is 6.92 Å². The zero-order chi connectivity index (χ0) is 11.7. The number of aromatic nitrogens is 4. The van der Waals surface area contributed by atoms with E-state index in [4.69, 9.17) is 11.6 Å². The highest BCUT2D eigenvalue weighted by molar-refractivity contribution is 6.30. The second kappa shape index (κ2) is 4.09. The lowest BCUT2D eigenvalue weighted by Crippen LogP contribution is -2.22. The van der Waals surface area contributed by atoms with Crippen LogP contribution in [0.2, 0.25) is 5.15 Å². The van der Waals surface area contributed by atoms with Gasteiger partial charge in [0, 0.05) is 24.9 Å². The highest BCUT2D eigenvalue weighted by atomic mass is 35.5. The Morgan fingerprint density at radius 2 is 2.25 bits per heavy atom. The molecule has 0 aliphatic carbocycles. The van der Waals surface area contributed by atoms with Crippen molar-refractivity contribution in [3.63, 3.8) is 0 Å². The van der Waals surface area contributed by atoms with Crippen LogP contribution in [0.5, 0.6) is 0 Å². The van der Waals surface area contributed by atoms with Crippen molar-refractivity contribution in [1.82, 2.24) is 19.6 Å². The normalized spacial score (nSPS) is 10.7. The lowest BCUT2D eigenvalue weighted by atomic mass is 10.2. The van der Waals surface area contributed by atoms with E-state index >= 15 is 0 Å². The van der Waals surface area contributed by atoms with Crippen molar-refractivity contribution in [2.45, 2.75) is 13.5 Å². The molecular weight excluding hydrogens is 228 g/mol. The smallest absolute Gasteiger partial charge is 0.267 e. The molecule has 2 aromatic rings. The molecule has 0 saturated heterocycles. The van der Waals surface area contributed by atoms with Gasteiger partial charge >= 0.3 is 0 Å². The van der Waals surface area contributed by atoms with E-state index in [1.807, 2.05) is 6.92 Å². The van der Waals surface area contributed by atoms with Crippen LogP contribution in [0.3, 0.4) is 0 Å². The average Bonchev–Trinajstić information content (AvgIpc) is 2.48. The zero-order valence-electron chi connectivity index (χ0n) is 9.01. The predicted molar refractivity (Wildman–Crippen MR) is 60.6 cm³/mol. The first-order valence-electron chi connectivity index (χ1n) is 4.79. The highest BCUT2D eigenvalue weighted by Crippen LogP contribution is 2.18. The number of hydrogen-bond donors (Lipinski definition) is 0. The van der Waals surface area contributed by atoms with E-state index in [1.165, 1.54) is 10.7 Å². The molecule has 0 aromatic carbocycles. The molecule has 0 aliphatic heterocycles. The average molecular weight is 239 g/mol. The molecule has 0 bridgehead atoms. The monoisotopic (exact) mass is 238 g/mol. The first kappa shape index (κ1) is 10.9. The number of halogens is 1. The third-order valence-electron chi connectivity index (χ3n) is 2.36. The molecule has 0 aliphatic rings. The minimum atomic E-state index is -0.151. The Morgan fingerprint density at radius 1 is 1.50 bits per heavy atom. The van der Waals surface area contributed by atoms with Crippen molar-refractivity contribution < 1.29 is 0 Å². The zero-order valence-corrected chi connectivity index (χ0v) is 9.77. The standard InChI is InChI=1S/C10H11ClN4O/c1-7-8(10(11)14(2)13-7)6-15-9(16)4-3-5-12-15/h3-5H,6H2,1-2H3. The molecule has 0 amide bonds. The van der Waals surface area contributed by atoms with Crippen molar-refractivity contribution in [3.8, 4) is 0 Å². The number of nitrogens with zero attached hydrogens (tertiary/aromatic N) is 4. The Morgan fingerprint density at radius 3 is 2.81 bits per heavy atom. The number of hydrogen-bond acceptors (Lipinski definition) is 3. The van der Waals surface area contributed by atoms with Crippen LogP contribution in [-0.2, 0) is 13.6 Å². The fourth-order valence-corrected chi connectivity index (χ4v) is 1.74. The van der Waals surface area contributed by atoms with E-state index in [9.17, 15) is 4.79 Å². The van der Waals surface area contributed by atoms with E-state index in [2.05, 4.69) is 10.2 Å². The van der Waals surface area contributed by atoms with Crippen molar-refractivity contribution in [2.24, 2.45) is 7.05 Å². The van der Waals surface area contributed by atoms with Crippen LogP contribution in [0.1, 0.15) is 11.3 Å². The molecule has 2 rings (SSSR count). The Bertz CT molecular complexity index is 572. The van der Waals surface area contributed by atoms with Crippen LogP contribution in [-0.4, -0.2) is 19.6 Å². The molecule has 0 N–H and O–H groups in total. The summed E-state index contributed by atoms with van der Waals surface area (Å²) in [4.78, 5) is 11.5. The van der Waals surface area contributed by atoms with Gasteiger partial charge in [-0.05, 0) is 13.0 Å². The van der Waals surface area contributed by atoms with Gasteiger partial charge in [0.05, 0.1) is 12.2 Å². The van der Waals surface area contributed by atoms with Crippen molar-refractivity contribution in [3.05, 3.63) is 45.1 Å². The molecule has 5 nitrogen and oxygen atoms in total. The number of rotatable bonds is 2. The molecule has 84 valence electrons. The van der Waals surface area contributed by atoms with Crippen molar-refractivity contribution in [2.75, 3.05) is 0 Å². The second-order valence-corrected chi connectivity index (χ2v) is 3.86. The third kappa shape index (κ3) is 1.86. The topological polar surface area (TPSA) is 52.7 Å². The summed E-state index contributed by atoms with van der Waals surface area (Å²) in [6.07, 6.45) is 1.57. The Balaban J connectivity index is 2.42. The van der Waals surface area contributed by atoms with Gasteiger partial charge in [0.25, 0.3) is 5.56 Å². The highest BCUT2D eigenvalue weighted by Gasteiger charge is 2.12. The molecule has 2 aromatic heterocycles. The van der Waals surface area contributed by atoms with E-state index < -0.39 is 0 Å². The molecule has 0 radical (unpaired) electrons. The first-order chi connectivity index (χ1) is 7.59. The second-order valence-electron chi connectivity index (χ2n) is 3.50. The molecular formula is C10H11ClN4O. The minimum Gasteiger partial charge on any atom is -0.268 e. The van der Waals surface area contributed by atoms with Gasteiger partial charge < -0.3 is 0 Å². The summed E-state index contributed by atoms with van der Waals surface area (Å²) in [5, 5.41) is 8.69. The first-order valence-corrected chi connectivity index (χ1v) is 5.17.